The largest absolute Gasteiger partial charge is 0.464 e. The highest BCUT2D eigenvalue weighted by Gasteiger charge is 2.38. The molecule has 1 aliphatic carbocycles. The summed E-state index contributed by atoms with van der Waals surface area (Å²) in [7, 11) is 1.29. The van der Waals surface area contributed by atoms with Gasteiger partial charge in [-0.05, 0) is 37.5 Å². The molecule has 0 spiro atoms. The zero-order valence-corrected chi connectivity index (χ0v) is 11.6. The van der Waals surface area contributed by atoms with E-state index in [1.807, 2.05) is 0 Å². The van der Waals surface area contributed by atoms with Gasteiger partial charge in [0.2, 0.25) is 0 Å². The second-order valence-corrected chi connectivity index (χ2v) is 5.05. The normalized spacial score (nSPS) is 28.6. The SMILES string of the molecule is CCOC(=O)C(NC(=O)OC)C1CC(C)[C@H](C)C1. The molecule has 0 aromatic heterocycles. The highest BCUT2D eigenvalue weighted by atomic mass is 16.5. The summed E-state index contributed by atoms with van der Waals surface area (Å²) >= 11 is 0. The average molecular weight is 257 g/mol. The Morgan fingerprint density at radius 3 is 2.28 bits per heavy atom. The second kappa shape index (κ2) is 6.61. The van der Waals surface area contributed by atoms with Crippen molar-refractivity contribution in [3.8, 4) is 0 Å². The van der Waals surface area contributed by atoms with Crippen molar-refractivity contribution in [2.24, 2.45) is 17.8 Å². The van der Waals surface area contributed by atoms with E-state index in [1.54, 1.807) is 6.92 Å². The molecule has 1 amide bonds. The summed E-state index contributed by atoms with van der Waals surface area (Å²) < 4.78 is 9.59. The molecule has 0 bridgehead atoms. The molecule has 4 atom stereocenters. The number of rotatable bonds is 4. The second-order valence-electron chi connectivity index (χ2n) is 5.05. The quantitative estimate of drug-likeness (QED) is 0.782. The third kappa shape index (κ3) is 3.62. The first kappa shape index (κ1) is 14.8. The average Bonchev–Trinajstić information content (AvgIpc) is 2.66. The van der Waals surface area contributed by atoms with Gasteiger partial charge in [0.15, 0.2) is 0 Å². The van der Waals surface area contributed by atoms with Crippen molar-refractivity contribution in [2.75, 3.05) is 13.7 Å². The van der Waals surface area contributed by atoms with Crippen LogP contribution in [0.15, 0.2) is 0 Å². The van der Waals surface area contributed by atoms with Gasteiger partial charge in [-0.15, -0.1) is 0 Å². The standard InChI is InChI=1S/C13H23NO4/c1-5-18-12(15)11(14-13(16)17-4)10-6-8(2)9(3)7-10/h8-11H,5-7H2,1-4H3,(H,14,16)/t8-,9?,10?,11?/m1/s1. The number of nitrogens with one attached hydrogen (secondary N) is 1. The van der Waals surface area contributed by atoms with E-state index in [9.17, 15) is 9.59 Å². The van der Waals surface area contributed by atoms with Crippen LogP contribution < -0.4 is 5.32 Å². The van der Waals surface area contributed by atoms with Crippen molar-refractivity contribution in [3.05, 3.63) is 0 Å². The molecular formula is C13H23NO4. The summed E-state index contributed by atoms with van der Waals surface area (Å²) in [5.74, 6) is 0.889. The number of hydrogen-bond donors (Lipinski definition) is 1. The minimum atomic E-state index is -0.593. The van der Waals surface area contributed by atoms with E-state index in [-0.39, 0.29) is 11.9 Å². The molecular weight excluding hydrogens is 234 g/mol. The molecule has 104 valence electrons. The number of hydrogen-bond acceptors (Lipinski definition) is 4. The monoisotopic (exact) mass is 257 g/mol. The first-order chi connectivity index (χ1) is 8.49. The van der Waals surface area contributed by atoms with Crippen LogP contribution in [0, 0.1) is 17.8 Å². The van der Waals surface area contributed by atoms with Crippen LogP contribution in [-0.4, -0.2) is 31.8 Å². The zero-order chi connectivity index (χ0) is 13.7. The van der Waals surface area contributed by atoms with Gasteiger partial charge in [-0.2, -0.15) is 0 Å². The van der Waals surface area contributed by atoms with Gasteiger partial charge in [0.05, 0.1) is 13.7 Å². The van der Waals surface area contributed by atoms with Gasteiger partial charge < -0.3 is 14.8 Å². The molecule has 0 radical (unpaired) electrons. The minimum absolute atomic E-state index is 0.133. The molecule has 0 aliphatic heterocycles. The first-order valence-corrected chi connectivity index (χ1v) is 6.50. The van der Waals surface area contributed by atoms with Gasteiger partial charge in [-0.1, -0.05) is 13.8 Å². The fourth-order valence-electron chi connectivity index (χ4n) is 2.58. The summed E-state index contributed by atoms with van der Waals surface area (Å²) in [5, 5.41) is 2.60. The third-order valence-corrected chi connectivity index (χ3v) is 3.79. The van der Waals surface area contributed by atoms with Crippen LogP contribution in [0.2, 0.25) is 0 Å². The van der Waals surface area contributed by atoms with Gasteiger partial charge in [-0.3, -0.25) is 0 Å². The lowest BCUT2D eigenvalue weighted by molar-refractivity contribution is -0.147. The summed E-state index contributed by atoms with van der Waals surface area (Å²) in [6.45, 7) is 6.42. The molecule has 5 heteroatoms. The van der Waals surface area contributed by atoms with Crippen LogP contribution in [0.4, 0.5) is 4.79 Å². The van der Waals surface area contributed by atoms with Gasteiger partial charge >= 0.3 is 12.1 Å². The Labute approximate surface area is 108 Å². The molecule has 18 heavy (non-hydrogen) atoms. The maximum Gasteiger partial charge on any atom is 0.407 e. The van der Waals surface area contributed by atoms with E-state index >= 15 is 0 Å². The predicted octanol–water partition coefficient (Wildman–Crippen LogP) is 1.96. The van der Waals surface area contributed by atoms with Crippen molar-refractivity contribution in [3.63, 3.8) is 0 Å². The molecule has 0 aromatic rings. The summed E-state index contributed by atoms with van der Waals surface area (Å²) in [5.41, 5.74) is 0. The number of amides is 1. The van der Waals surface area contributed by atoms with E-state index in [4.69, 9.17) is 4.74 Å². The molecule has 0 heterocycles. The molecule has 1 rings (SSSR count). The lowest BCUT2D eigenvalue weighted by Crippen LogP contribution is -2.46. The maximum atomic E-state index is 11.9. The van der Waals surface area contributed by atoms with E-state index in [2.05, 4.69) is 23.9 Å². The number of carbonyl (C=O) groups is 2. The number of esters is 1. The van der Waals surface area contributed by atoms with Gasteiger partial charge in [0.1, 0.15) is 6.04 Å². The number of carbonyl (C=O) groups excluding carboxylic acids is 2. The van der Waals surface area contributed by atoms with Crippen molar-refractivity contribution >= 4 is 12.1 Å². The van der Waals surface area contributed by atoms with Crippen molar-refractivity contribution < 1.29 is 19.1 Å². The molecule has 0 saturated heterocycles. The van der Waals surface area contributed by atoms with E-state index < -0.39 is 12.1 Å². The fourth-order valence-corrected chi connectivity index (χ4v) is 2.58. The van der Waals surface area contributed by atoms with E-state index in [0.717, 1.165) is 12.8 Å². The zero-order valence-electron chi connectivity index (χ0n) is 11.6. The number of alkyl carbamates (subject to hydrolysis) is 1. The summed E-state index contributed by atoms with van der Waals surface area (Å²) in [4.78, 5) is 23.2. The topological polar surface area (TPSA) is 64.6 Å². The van der Waals surface area contributed by atoms with Gasteiger partial charge in [0, 0.05) is 0 Å². The Balaban J connectivity index is 2.71. The van der Waals surface area contributed by atoms with Crippen LogP contribution >= 0.6 is 0 Å². The highest BCUT2D eigenvalue weighted by Crippen LogP contribution is 2.37. The maximum absolute atomic E-state index is 11.9. The smallest absolute Gasteiger partial charge is 0.407 e. The van der Waals surface area contributed by atoms with Gasteiger partial charge in [0.25, 0.3) is 0 Å². The van der Waals surface area contributed by atoms with Crippen molar-refractivity contribution in [1.29, 1.82) is 0 Å². The molecule has 0 aromatic carbocycles. The van der Waals surface area contributed by atoms with Crippen molar-refractivity contribution in [2.45, 2.75) is 39.7 Å². The molecule has 1 fully saturated rings. The molecule has 3 unspecified atom stereocenters. The molecule has 1 saturated carbocycles. The first-order valence-electron chi connectivity index (χ1n) is 6.50. The van der Waals surface area contributed by atoms with Crippen LogP contribution in [0.1, 0.15) is 33.6 Å². The number of ether oxygens (including phenoxy) is 2. The Bertz CT molecular complexity index is 295. The van der Waals surface area contributed by atoms with E-state index in [1.165, 1.54) is 7.11 Å². The molecule has 1 N–H and O–H groups in total. The number of methoxy groups -OCH3 is 1. The van der Waals surface area contributed by atoms with Crippen molar-refractivity contribution in [1.82, 2.24) is 5.32 Å². The predicted molar refractivity (Wildman–Crippen MR) is 67.0 cm³/mol. The fraction of sp³-hybridized carbons (Fsp3) is 0.846. The summed E-state index contributed by atoms with van der Waals surface area (Å²) in [6, 6.07) is -0.593. The highest BCUT2D eigenvalue weighted by molar-refractivity contribution is 5.81. The lowest BCUT2D eigenvalue weighted by Gasteiger charge is -2.22. The molecule has 5 nitrogen and oxygen atoms in total. The van der Waals surface area contributed by atoms with E-state index in [0.29, 0.717) is 18.4 Å². The van der Waals surface area contributed by atoms with Crippen LogP contribution in [0.25, 0.3) is 0 Å². The summed E-state index contributed by atoms with van der Waals surface area (Å²) in [6.07, 6.45) is 1.27. The molecule has 1 aliphatic rings. The minimum Gasteiger partial charge on any atom is -0.464 e. The lowest BCUT2D eigenvalue weighted by atomic mass is 9.97. The van der Waals surface area contributed by atoms with Gasteiger partial charge in [-0.25, -0.2) is 9.59 Å². The van der Waals surface area contributed by atoms with Crippen LogP contribution in [-0.2, 0) is 14.3 Å². The van der Waals surface area contributed by atoms with Crippen LogP contribution in [0.5, 0.6) is 0 Å². The Kier molecular flexibility index (Phi) is 5.44. The Morgan fingerprint density at radius 1 is 1.28 bits per heavy atom. The Morgan fingerprint density at radius 2 is 1.83 bits per heavy atom. The van der Waals surface area contributed by atoms with Crippen LogP contribution in [0.3, 0.4) is 0 Å². The third-order valence-electron chi connectivity index (χ3n) is 3.79. The Hall–Kier alpha value is -1.26.